The Bertz CT molecular complexity index is 1680. The molecule has 1 aliphatic rings. The molecule has 0 bridgehead atoms. The molecule has 0 heterocycles. The average molecular weight is 579 g/mol. The first-order valence-electron chi connectivity index (χ1n) is 15.3. The molecule has 0 saturated heterocycles. The van der Waals surface area contributed by atoms with Gasteiger partial charge in [-0.3, -0.25) is 0 Å². The number of nitrogens with zero attached hydrogens (tertiary/aromatic N) is 2. The van der Waals surface area contributed by atoms with Crippen molar-refractivity contribution in [3.63, 3.8) is 0 Å². The molecule has 6 rings (SSSR count). The molecule has 0 amide bonds. The first-order chi connectivity index (χ1) is 21.6. The SMILES string of the molecule is Cc1ccc(Oc2ccc(N(CCN(c3ccccc3)c3ccc(OC4=CCC(C)C=C4)cc3)c3ccccc3)cc2)cc1. The van der Waals surface area contributed by atoms with Gasteiger partial charge in [0, 0.05) is 35.8 Å². The summed E-state index contributed by atoms with van der Waals surface area (Å²) in [6, 6.07) is 45.9. The van der Waals surface area contributed by atoms with Crippen LogP contribution in [-0.2, 0) is 0 Å². The maximum atomic E-state index is 6.15. The Labute approximate surface area is 261 Å². The third-order valence-electron chi connectivity index (χ3n) is 7.75. The molecule has 1 unspecified atom stereocenters. The molecule has 0 aliphatic heterocycles. The number of hydrogen-bond acceptors (Lipinski definition) is 4. The second-order valence-corrected chi connectivity index (χ2v) is 11.2. The van der Waals surface area contributed by atoms with Crippen molar-refractivity contribution in [2.75, 3.05) is 22.9 Å². The van der Waals surface area contributed by atoms with Gasteiger partial charge in [0.1, 0.15) is 23.0 Å². The van der Waals surface area contributed by atoms with Crippen molar-refractivity contribution in [2.24, 2.45) is 5.92 Å². The number of aryl methyl sites for hydroxylation is 1. The lowest BCUT2D eigenvalue weighted by molar-refractivity contribution is 0.435. The summed E-state index contributed by atoms with van der Waals surface area (Å²) in [7, 11) is 0. The van der Waals surface area contributed by atoms with Gasteiger partial charge in [-0.2, -0.15) is 0 Å². The Morgan fingerprint density at radius 3 is 1.43 bits per heavy atom. The van der Waals surface area contributed by atoms with Gasteiger partial charge in [0.25, 0.3) is 0 Å². The van der Waals surface area contributed by atoms with Crippen LogP contribution in [0.5, 0.6) is 17.2 Å². The summed E-state index contributed by atoms with van der Waals surface area (Å²) in [5, 5.41) is 0. The summed E-state index contributed by atoms with van der Waals surface area (Å²) >= 11 is 0. The second kappa shape index (κ2) is 13.8. The minimum absolute atomic E-state index is 0.560. The number of allylic oxidation sites excluding steroid dienone is 3. The van der Waals surface area contributed by atoms with E-state index in [2.05, 4.69) is 151 Å². The molecule has 0 saturated carbocycles. The Hall–Kier alpha value is -5.22. The van der Waals surface area contributed by atoms with Gasteiger partial charge in [-0.15, -0.1) is 0 Å². The van der Waals surface area contributed by atoms with Crippen molar-refractivity contribution < 1.29 is 9.47 Å². The fourth-order valence-electron chi connectivity index (χ4n) is 5.28. The van der Waals surface area contributed by atoms with E-state index in [4.69, 9.17) is 9.47 Å². The minimum atomic E-state index is 0.560. The van der Waals surface area contributed by atoms with Crippen LogP contribution in [-0.4, -0.2) is 13.1 Å². The van der Waals surface area contributed by atoms with Crippen LogP contribution in [0.25, 0.3) is 0 Å². The molecule has 0 fully saturated rings. The van der Waals surface area contributed by atoms with Crippen LogP contribution in [0.15, 0.2) is 157 Å². The van der Waals surface area contributed by atoms with Crippen LogP contribution in [0.4, 0.5) is 22.7 Å². The van der Waals surface area contributed by atoms with E-state index in [9.17, 15) is 0 Å². The van der Waals surface area contributed by atoms with Crippen LogP contribution in [0.1, 0.15) is 18.9 Å². The molecule has 5 aromatic rings. The fourth-order valence-corrected chi connectivity index (χ4v) is 5.28. The normalized spacial score (nSPS) is 14.0. The van der Waals surface area contributed by atoms with Crippen molar-refractivity contribution in [1.29, 1.82) is 0 Å². The first-order valence-corrected chi connectivity index (χ1v) is 15.3. The van der Waals surface area contributed by atoms with Gasteiger partial charge in [-0.05, 0) is 116 Å². The highest BCUT2D eigenvalue weighted by molar-refractivity contribution is 5.67. The zero-order chi connectivity index (χ0) is 30.1. The monoisotopic (exact) mass is 578 g/mol. The van der Waals surface area contributed by atoms with Gasteiger partial charge in [-0.1, -0.05) is 67.1 Å². The lowest BCUT2D eigenvalue weighted by atomic mass is 10.0. The zero-order valence-electron chi connectivity index (χ0n) is 25.3. The summed E-state index contributed by atoms with van der Waals surface area (Å²) in [6.07, 6.45) is 7.43. The molecule has 4 heteroatoms. The molecule has 0 N–H and O–H groups in total. The van der Waals surface area contributed by atoms with Gasteiger partial charge in [0.05, 0.1) is 0 Å². The number of benzene rings is 5. The summed E-state index contributed by atoms with van der Waals surface area (Å²) in [5.41, 5.74) is 5.71. The van der Waals surface area contributed by atoms with Crippen molar-refractivity contribution in [1.82, 2.24) is 0 Å². The summed E-state index contributed by atoms with van der Waals surface area (Å²) < 4.78 is 12.3. The van der Waals surface area contributed by atoms with E-state index in [0.29, 0.717) is 5.92 Å². The molecule has 0 radical (unpaired) electrons. The quantitative estimate of drug-likeness (QED) is 0.156. The highest BCUT2D eigenvalue weighted by atomic mass is 16.5. The average Bonchev–Trinajstić information content (AvgIpc) is 3.07. The van der Waals surface area contributed by atoms with E-state index in [0.717, 1.165) is 65.3 Å². The first kappa shape index (κ1) is 28.9. The van der Waals surface area contributed by atoms with E-state index in [1.165, 1.54) is 5.56 Å². The van der Waals surface area contributed by atoms with Gasteiger partial charge < -0.3 is 19.3 Å². The molecule has 5 aromatic carbocycles. The van der Waals surface area contributed by atoms with Gasteiger partial charge in [0.2, 0.25) is 0 Å². The van der Waals surface area contributed by atoms with Crippen molar-refractivity contribution in [3.05, 3.63) is 163 Å². The smallest absolute Gasteiger partial charge is 0.127 e. The number of hydrogen-bond donors (Lipinski definition) is 0. The molecular weight excluding hydrogens is 540 g/mol. The molecule has 44 heavy (non-hydrogen) atoms. The predicted molar refractivity (Wildman–Crippen MR) is 183 cm³/mol. The Morgan fingerprint density at radius 2 is 0.977 bits per heavy atom. The van der Waals surface area contributed by atoms with Crippen LogP contribution < -0.4 is 19.3 Å². The lowest BCUT2D eigenvalue weighted by Gasteiger charge is -2.31. The van der Waals surface area contributed by atoms with E-state index in [-0.39, 0.29) is 0 Å². The topological polar surface area (TPSA) is 24.9 Å². The third kappa shape index (κ3) is 7.40. The molecule has 220 valence electrons. The second-order valence-electron chi connectivity index (χ2n) is 11.2. The molecule has 4 nitrogen and oxygen atoms in total. The lowest BCUT2D eigenvalue weighted by Crippen LogP contribution is -2.30. The van der Waals surface area contributed by atoms with Crippen LogP contribution in [0.3, 0.4) is 0 Å². The van der Waals surface area contributed by atoms with E-state index >= 15 is 0 Å². The Balaban J connectivity index is 1.22. The third-order valence-corrected chi connectivity index (χ3v) is 7.75. The van der Waals surface area contributed by atoms with Gasteiger partial charge in [-0.25, -0.2) is 0 Å². The van der Waals surface area contributed by atoms with Crippen molar-refractivity contribution in [2.45, 2.75) is 20.3 Å². The summed E-state index contributed by atoms with van der Waals surface area (Å²) in [5.74, 6) is 3.95. The Kier molecular flexibility index (Phi) is 9.08. The maximum absolute atomic E-state index is 6.15. The molecule has 0 aromatic heterocycles. The van der Waals surface area contributed by atoms with E-state index in [1.807, 2.05) is 24.3 Å². The molecular formula is C40H38N2O2. The number of anilines is 4. The van der Waals surface area contributed by atoms with Crippen molar-refractivity contribution in [3.8, 4) is 17.2 Å². The largest absolute Gasteiger partial charge is 0.458 e. The number of rotatable bonds is 11. The Morgan fingerprint density at radius 1 is 0.545 bits per heavy atom. The molecule has 1 atom stereocenters. The minimum Gasteiger partial charge on any atom is -0.458 e. The van der Waals surface area contributed by atoms with E-state index in [1.54, 1.807) is 0 Å². The van der Waals surface area contributed by atoms with Crippen LogP contribution >= 0.6 is 0 Å². The number of ether oxygens (including phenoxy) is 2. The maximum Gasteiger partial charge on any atom is 0.127 e. The van der Waals surface area contributed by atoms with Crippen molar-refractivity contribution >= 4 is 22.7 Å². The standard InChI is InChI=1S/C40H38N2O2/c1-31-13-21-37(22-14-31)43-39-25-17-35(18-26-39)41(33-9-5-3-6-10-33)29-30-42(34-11-7-4-8-12-34)36-19-27-40(28-20-36)44-38-23-15-32(2)16-24-38/h3-15,17-28,32H,16,29-30H2,1-2H3. The highest BCUT2D eigenvalue weighted by Gasteiger charge is 2.15. The molecule has 0 spiro atoms. The summed E-state index contributed by atoms with van der Waals surface area (Å²) in [4.78, 5) is 4.71. The predicted octanol–water partition coefficient (Wildman–Crippen LogP) is 10.6. The summed E-state index contributed by atoms with van der Waals surface area (Å²) in [6.45, 7) is 5.83. The van der Waals surface area contributed by atoms with Gasteiger partial charge >= 0.3 is 0 Å². The van der Waals surface area contributed by atoms with Gasteiger partial charge in [0.15, 0.2) is 0 Å². The molecule has 1 aliphatic carbocycles. The highest BCUT2D eigenvalue weighted by Crippen LogP contribution is 2.32. The zero-order valence-corrected chi connectivity index (χ0v) is 25.3. The number of para-hydroxylation sites is 2. The fraction of sp³-hybridized carbons (Fsp3) is 0.150. The van der Waals surface area contributed by atoms with E-state index < -0.39 is 0 Å². The van der Waals surface area contributed by atoms with Crippen LogP contribution in [0.2, 0.25) is 0 Å². The van der Waals surface area contributed by atoms with Crippen LogP contribution in [0, 0.1) is 12.8 Å².